The number of rotatable bonds is 4. The maximum absolute atomic E-state index is 11.9. The van der Waals surface area contributed by atoms with Crippen molar-refractivity contribution in [3.8, 4) is 0 Å². The van der Waals surface area contributed by atoms with Crippen LogP contribution in [0.15, 0.2) is 29.4 Å². The van der Waals surface area contributed by atoms with E-state index in [1.165, 1.54) is 11.8 Å². The van der Waals surface area contributed by atoms with Gasteiger partial charge in [0, 0.05) is 12.6 Å². The zero-order valence-corrected chi connectivity index (χ0v) is 12.0. The van der Waals surface area contributed by atoms with Gasteiger partial charge in [0.15, 0.2) is 0 Å². The molecule has 0 radical (unpaired) electrons. The highest BCUT2D eigenvalue weighted by Crippen LogP contribution is 2.22. The molecule has 3 N–H and O–H groups in total. The SMILES string of the molecule is CC(=O)NCC1CN(c2ccc(C(C)=NN)cc2)C(=O)O1. The molecule has 1 atom stereocenters. The summed E-state index contributed by atoms with van der Waals surface area (Å²) in [6.07, 6.45) is -0.754. The van der Waals surface area contributed by atoms with Crippen molar-refractivity contribution in [2.24, 2.45) is 10.9 Å². The van der Waals surface area contributed by atoms with E-state index >= 15 is 0 Å². The monoisotopic (exact) mass is 290 g/mol. The summed E-state index contributed by atoms with van der Waals surface area (Å²) in [7, 11) is 0. The molecule has 1 aliphatic heterocycles. The van der Waals surface area contributed by atoms with Gasteiger partial charge in [0.2, 0.25) is 5.91 Å². The molecule has 7 heteroatoms. The van der Waals surface area contributed by atoms with Crippen LogP contribution in [-0.2, 0) is 9.53 Å². The van der Waals surface area contributed by atoms with Crippen LogP contribution in [-0.4, -0.2) is 36.9 Å². The lowest BCUT2D eigenvalue weighted by atomic mass is 10.1. The number of nitrogens with one attached hydrogen (secondary N) is 1. The number of amides is 2. The second-order valence-corrected chi connectivity index (χ2v) is 4.81. The van der Waals surface area contributed by atoms with E-state index < -0.39 is 6.09 Å². The molecule has 1 heterocycles. The summed E-state index contributed by atoms with van der Waals surface area (Å²) < 4.78 is 5.21. The first-order chi connectivity index (χ1) is 10.0. The van der Waals surface area contributed by atoms with Crippen LogP contribution >= 0.6 is 0 Å². The van der Waals surface area contributed by atoms with Gasteiger partial charge in [0.1, 0.15) is 6.10 Å². The third-order valence-electron chi connectivity index (χ3n) is 3.24. The van der Waals surface area contributed by atoms with Crippen LogP contribution in [0.2, 0.25) is 0 Å². The summed E-state index contributed by atoms with van der Waals surface area (Å²) in [6, 6.07) is 7.31. The zero-order valence-electron chi connectivity index (χ0n) is 12.0. The number of nitrogens with zero attached hydrogens (tertiary/aromatic N) is 2. The number of carbonyl (C=O) groups is 2. The summed E-state index contributed by atoms with van der Waals surface area (Å²) >= 11 is 0. The Morgan fingerprint density at radius 1 is 1.43 bits per heavy atom. The molecule has 0 spiro atoms. The van der Waals surface area contributed by atoms with Crippen LogP contribution in [0.25, 0.3) is 0 Å². The maximum atomic E-state index is 11.9. The van der Waals surface area contributed by atoms with Gasteiger partial charge in [0.05, 0.1) is 18.8 Å². The number of benzene rings is 1. The molecule has 1 fully saturated rings. The molecule has 2 amide bonds. The predicted octanol–water partition coefficient (Wildman–Crippen LogP) is 0.831. The number of cyclic esters (lactones) is 1. The molecular formula is C14H18N4O3. The summed E-state index contributed by atoms with van der Waals surface area (Å²) in [5, 5.41) is 6.26. The van der Waals surface area contributed by atoms with Gasteiger partial charge in [0.25, 0.3) is 0 Å². The first-order valence-electron chi connectivity index (χ1n) is 6.58. The Balaban J connectivity index is 2.05. The minimum Gasteiger partial charge on any atom is -0.442 e. The van der Waals surface area contributed by atoms with Crippen LogP contribution in [0.3, 0.4) is 0 Å². The zero-order chi connectivity index (χ0) is 15.4. The Labute approximate surface area is 122 Å². The lowest BCUT2D eigenvalue weighted by Crippen LogP contribution is -2.33. The van der Waals surface area contributed by atoms with Crippen LogP contribution < -0.4 is 16.1 Å². The van der Waals surface area contributed by atoms with Gasteiger partial charge < -0.3 is 15.9 Å². The fourth-order valence-electron chi connectivity index (χ4n) is 2.05. The standard InChI is InChI=1S/C14H18N4O3/c1-9(17-15)11-3-5-12(6-4-11)18-8-13(21-14(18)20)7-16-10(2)19/h3-6,13H,7-8,15H2,1-2H3,(H,16,19). The molecule has 0 saturated carbocycles. The van der Waals surface area contributed by atoms with Crippen LogP contribution in [0, 0.1) is 0 Å². The fourth-order valence-corrected chi connectivity index (χ4v) is 2.05. The molecule has 112 valence electrons. The molecule has 21 heavy (non-hydrogen) atoms. The van der Waals surface area contributed by atoms with E-state index in [9.17, 15) is 9.59 Å². The van der Waals surface area contributed by atoms with Gasteiger partial charge in [-0.1, -0.05) is 12.1 Å². The van der Waals surface area contributed by atoms with Crippen LogP contribution in [0.5, 0.6) is 0 Å². The number of nitrogens with two attached hydrogens (primary N) is 1. The smallest absolute Gasteiger partial charge is 0.414 e. The summed E-state index contributed by atoms with van der Waals surface area (Å²) in [4.78, 5) is 24.3. The average Bonchev–Trinajstić information content (AvgIpc) is 2.85. The number of ether oxygens (including phenoxy) is 1. The topological polar surface area (TPSA) is 97.0 Å². The Kier molecular flexibility index (Phi) is 4.42. The highest BCUT2D eigenvalue weighted by molar-refractivity contribution is 5.99. The first kappa shape index (κ1) is 14.8. The van der Waals surface area contributed by atoms with Crippen molar-refractivity contribution in [1.29, 1.82) is 0 Å². The quantitative estimate of drug-likeness (QED) is 0.487. The largest absolute Gasteiger partial charge is 0.442 e. The van der Waals surface area contributed by atoms with Crippen molar-refractivity contribution >= 4 is 23.4 Å². The molecule has 1 aromatic carbocycles. The van der Waals surface area contributed by atoms with E-state index in [4.69, 9.17) is 10.6 Å². The van der Waals surface area contributed by atoms with E-state index in [0.717, 1.165) is 11.3 Å². The van der Waals surface area contributed by atoms with Gasteiger partial charge in [-0.05, 0) is 24.6 Å². The Bertz CT molecular complexity index is 568. The van der Waals surface area contributed by atoms with Gasteiger partial charge in [-0.15, -0.1) is 0 Å². The number of anilines is 1. The summed E-state index contributed by atoms with van der Waals surface area (Å²) in [6.45, 7) is 3.95. The molecule has 1 aliphatic rings. The molecule has 0 aliphatic carbocycles. The van der Waals surface area contributed by atoms with E-state index in [-0.39, 0.29) is 12.0 Å². The molecule has 7 nitrogen and oxygen atoms in total. The summed E-state index contributed by atoms with van der Waals surface area (Å²) in [5.41, 5.74) is 2.34. The number of hydrogen-bond donors (Lipinski definition) is 2. The van der Waals surface area contributed by atoms with E-state index in [1.54, 1.807) is 0 Å². The number of carbonyl (C=O) groups excluding carboxylic acids is 2. The Morgan fingerprint density at radius 2 is 2.10 bits per heavy atom. The predicted molar refractivity (Wildman–Crippen MR) is 79.1 cm³/mol. The highest BCUT2D eigenvalue weighted by atomic mass is 16.6. The second kappa shape index (κ2) is 6.25. The number of hydrazone groups is 1. The van der Waals surface area contributed by atoms with Gasteiger partial charge in [-0.3, -0.25) is 9.69 Å². The fraction of sp³-hybridized carbons (Fsp3) is 0.357. The van der Waals surface area contributed by atoms with Crippen LogP contribution in [0.4, 0.5) is 10.5 Å². The Morgan fingerprint density at radius 3 is 2.67 bits per heavy atom. The highest BCUT2D eigenvalue weighted by Gasteiger charge is 2.32. The lowest BCUT2D eigenvalue weighted by molar-refractivity contribution is -0.119. The van der Waals surface area contributed by atoms with Crippen molar-refractivity contribution in [3.05, 3.63) is 29.8 Å². The van der Waals surface area contributed by atoms with Crippen LogP contribution in [0.1, 0.15) is 19.4 Å². The molecule has 0 aromatic heterocycles. The number of hydrogen-bond acceptors (Lipinski definition) is 5. The van der Waals surface area contributed by atoms with Crippen molar-refractivity contribution in [2.45, 2.75) is 20.0 Å². The van der Waals surface area contributed by atoms with Gasteiger partial charge >= 0.3 is 6.09 Å². The summed E-state index contributed by atoms with van der Waals surface area (Å²) in [5.74, 6) is 5.08. The van der Waals surface area contributed by atoms with E-state index in [0.29, 0.717) is 18.8 Å². The minimum absolute atomic E-state index is 0.148. The molecule has 2 rings (SSSR count). The molecule has 1 aromatic rings. The van der Waals surface area contributed by atoms with Crippen molar-refractivity contribution in [3.63, 3.8) is 0 Å². The average molecular weight is 290 g/mol. The third kappa shape index (κ3) is 3.50. The third-order valence-corrected chi connectivity index (χ3v) is 3.24. The second-order valence-electron chi connectivity index (χ2n) is 4.81. The maximum Gasteiger partial charge on any atom is 0.414 e. The molecule has 1 unspecified atom stereocenters. The molecular weight excluding hydrogens is 272 g/mol. The Hall–Kier alpha value is -2.57. The van der Waals surface area contributed by atoms with Gasteiger partial charge in [-0.25, -0.2) is 4.79 Å². The van der Waals surface area contributed by atoms with Crippen molar-refractivity contribution < 1.29 is 14.3 Å². The normalized spacial score (nSPS) is 18.6. The minimum atomic E-state index is -0.415. The van der Waals surface area contributed by atoms with Crippen molar-refractivity contribution in [2.75, 3.05) is 18.0 Å². The van der Waals surface area contributed by atoms with Gasteiger partial charge in [-0.2, -0.15) is 5.10 Å². The van der Waals surface area contributed by atoms with Crippen molar-refractivity contribution in [1.82, 2.24) is 5.32 Å². The van der Waals surface area contributed by atoms with E-state index in [2.05, 4.69) is 10.4 Å². The van der Waals surface area contributed by atoms with E-state index in [1.807, 2.05) is 31.2 Å². The first-order valence-corrected chi connectivity index (χ1v) is 6.58. The lowest BCUT2D eigenvalue weighted by Gasteiger charge is -2.13. The molecule has 1 saturated heterocycles. The molecule has 0 bridgehead atoms.